The van der Waals surface area contributed by atoms with E-state index in [1.807, 2.05) is 65.6 Å². The molecule has 2 fully saturated rings. The number of hydrogen-bond donors (Lipinski definition) is 0. The normalized spacial score (nSPS) is 17.9. The number of para-hydroxylation sites is 1. The van der Waals surface area contributed by atoms with Gasteiger partial charge in [-0.05, 0) is 97.1 Å². The Kier molecular flexibility index (Phi) is 7.77. The minimum Gasteiger partial charge on any atom is -0.496 e. The first-order chi connectivity index (χ1) is 23.1. The highest BCUT2D eigenvalue weighted by molar-refractivity contribution is 6.08. The van der Waals surface area contributed by atoms with Gasteiger partial charge >= 0.3 is 0 Å². The first-order valence-corrected chi connectivity index (χ1v) is 16.9. The Balaban J connectivity index is 1.11. The molecule has 2 amide bonds. The maximum atomic E-state index is 14.4. The number of carbonyl (C=O) groups excluding carboxylic acids is 2. The molecule has 0 unspecified atom stereocenters. The summed E-state index contributed by atoms with van der Waals surface area (Å²) in [6, 6.07) is 32.6. The van der Waals surface area contributed by atoms with Crippen molar-refractivity contribution in [2.45, 2.75) is 44.8 Å². The van der Waals surface area contributed by atoms with Gasteiger partial charge in [0.2, 0.25) is 0 Å². The van der Waals surface area contributed by atoms with Crippen LogP contribution < -0.4 is 9.64 Å². The highest BCUT2D eigenvalue weighted by atomic mass is 16.5. The van der Waals surface area contributed by atoms with E-state index in [2.05, 4.69) is 50.8 Å². The second kappa shape index (κ2) is 12.4. The summed E-state index contributed by atoms with van der Waals surface area (Å²) in [5.41, 5.74) is 6.10. The van der Waals surface area contributed by atoms with Gasteiger partial charge in [0.05, 0.1) is 20.2 Å². The maximum absolute atomic E-state index is 14.4. The molecular formula is C40H40N4O3. The van der Waals surface area contributed by atoms with Gasteiger partial charge in [0.25, 0.3) is 11.8 Å². The van der Waals surface area contributed by atoms with Crippen molar-refractivity contribution in [1.29, 1.82) is 0 Å². The summed E-state index contributed by atoms with van der Waals surface area (Å²) in [7, 11) is 1.65. The molecule has 0 N–H and O–H groups in total. The Hall–Kier alpha value is -4.88. The van der Waals surface area contributed by atoms with Crippen LogP contribution in [0.1, 0.15) is 57.8 Å². The largest absolute Gasteiger partial charge is 0.496 e. The maximum Gasteiger partial charge on any atom is 0.270 e. The van der Waals surface area contributed by atoms with Crippen molar-refractivity contribution < 1.29 is 14.3 Å². The zero-order valence-electron chi connectivity index (χ0n) is 26.9. The molecule has 0 bridgehead atoms. The number of rotatable bonds is 6. The summed E-state index contributed by atoms with van der Waals surface area (Å²) in [6.07, 6.45) is 4.61. The number of fused-ring (bicyclic) bond motifs is 3. The molecule has 0 radical (unpaired) electrons. The van der Waals surface area contributed by atoms with Crippen LogP contribution in [0.15, 0.2) is 97.1 Å². The number of amides is 2. The first-order valence-electron chi connectivity index (χ1n) is 16.9. The van der Waals surface area contributed by atoms with Gasteiger partial charge in [-0.25, -0.2) is 0 Å². The van der Waals surface area contributed by atoms with Crippen LogP contribution in [-0.4, -0.2) is 65.5 Å². The molecule has 4 heterocycles. The van der Waals surface area contributed by atoms with E-state index in [4.69, 9.17) is 4.74 Å². The first kappa shape index (κ1) is 29.5. The molecule has 2 saturated heterocycles. The SMILES string of the molecule is COc1cc(C(=O)N2Cc3ccc(C(=O)N4CCC[C@H]4CN4CCCC4)n3Cc3ccccc32)ccc1-c1cccc2ccccc12. The molecule has 4 aromatic carbocycles. The number of methoxy groups -OCH3 is 1. The van der Waals surface area contributed by atoms with Crippen LogP contribution in [0.5, 0.6) is 5.75 Å². The summed E-state index contributed by atoms with van der Waals surface area (Å²) < 4.78 is 8.01. The van der Waals surface area contributed by atoms with Crippen molar-refractivity contribution in [3.05, 3.63) is 120 Å². The Morgan fingerprint density at radius 1 is 0.766 bits per heavy atom. The third-order valence-electron chi connectivity index (χ3n) is 10.3. The van der Waals surface area contributed by atoms with Crippen molar-refractivity contribution in [3.63, 3.8) is 0 Å². The molecule has 0 spiro atoms. The van der Waals surface area contributed by atoms with Crippen molar-refractivity contribution in [2.24, 2.45) is 0 Å². The van der Waals surface area contributed by atoms with E-state index in [1.165, 1.54) is 12.8 Å². The van der Waals surface area contributed by atoms with Crippen molar-refractivity contribution in [3.8, 4) is 16.9 Å². The monoisotopic (exact) mass is 624 g/mol. The van der Waals surface area contributed by atoms with Gasteiger partial charge in [-0.1, -0.05) is 60.7 Å². The van der Waals surface area contributed by atoms with Crippen LogP contribution in [0.3, 0.4) is 0 Å². The molecule has 3 aliphatic heterocycles. The van der Waals surface area contributed by atoms with Gasteiger partial charge in [-0.3, -0.25) is 9.59 Å². The van der Waals surface area contributed by atoms with Crippen molar-refractivity contribution in [2.75, 3.05) is 38.2 Å². The van der Waals surface area contributed by atoms with E-state index in [0.717, 1.165) is 77.9 Å². The predicted octanol–water partition coefficient (Wildman–Crippen LogP) is 7.23. The Labute approximate surface area is 276 Å². The van der Waals surface area contributed by atoms with Crippen LogP contribution in [0.2, 0.25) is 0 Å². The fourth-order valence-corrected chi connectivity index (χ4v) is 7.89. The average Bonchev–Trinajstić information content (AvgIpc) is 3.87. The minimum absolute atomic E-state index is 0.101. The van der Waals surface area contributed by atoms with E-state index >= 15 is 0 Å². The summed E-state index contributed by atoms with van der Waals surface area (Å²) >= 11 is 0. The third-order valence-corrected chi connectivity index (χ3v) is 10.3. The highest BCUT2D eigenvalue weighted by Crippen LogP contribution is 2.37. The fraction of sp³-hybridized carbons (Fsp3) is 0.300. The van der Waals surface area contributed by atoms with Crippen LogP contribution in [0.25, 0.3) is 21.9 Å². The standard InChI is InChI=1S/C40H40N4O3/c1-47-38-24-29(17-19-35(38)34-15-8-12-28-10-2-4-14-33(28)34)39(45)44-27-32-18-20-37(43(32)25-30-11-3-5-16-36(30)44)40(46)42-23-9-13-31(42)26-41-21-6-7-22-41/h2-5,8,10-12,14-20,24,31H,6-7,9,13,21-23,25-27H2,1H3/t31-/m0/s1. The molecule has 7 heteroatoms. The van der Waals surface area contributed by atoms with E-state index in [0.29, 0.717) is 30.1 Å². The Morgan fingerprint density at radius 2 is 1.57 bits per heavy atom. The lowest BCUT2D eigenvalue weighted by molar-refractivity contribution is 0.0698. The molecule has 7 nitrogen and oxygen atoms in total. The number of hydrogen-bond acceptors (Lipinski definition) is 4. The summed E-state index contributed by atoms with van der Waals surface area (Å²) in [5.74, 6) is 0.651. The lowest BCUT2D eigenvalue weighted by atomic mass is 9.96. The fourth-order valence-electron chi connectivity index (χ4n) is 7.89. The van der Waals surface area contributed by atoms with Crippen LogP contribution >= 0.6 is 0 Å². The summed E-state index contributed by atoms with van der Waals surface area (Å²) in [4.78, 5) is 35.0. The topological polar surface area (TPSA) is 58.0 Å². The molecule has 1 aromatic heterocycles. The second-order valence-electron chi connectivity index (χ2n) is 13.1. The van der Waals surface area contributed by atoms with Crippen LogP contribution in [0, 0.1) is 0 Å². The van der Waals surface area contributed by atoms with Gasteiger partial charge in [0.1, 0.15) is 11.4 Å². The van der Waals surface area contributed by atoms with Crippen LogP contribution in [-0.2, 0) is 13.1 Å². The number of likely N-dealkylation sites (tertiary alicyclic amines) is 2. The number of carbonyl (C=O) groups is 2. The van der Waals surface area contributed by atoms with E-state index in [1.54, 1.807) is 7.11 Å². The van der Waals surface area contributed by atoms with Crippen molar-refractivity contribution in [1.82, 2.24) is 14.4 Å². The molecule has 238 valence electrons. The molecular weight excluding hydrogens is 584 g/mol. The predicted molar refractivity (Wildman–Crippen MR) is 186 cm³/mol. The quantitative estimate of drug-likeness (QED) is 0.200. The third kappa shape index (κ3) is 5.38. The lowest BCUT2D eigenvalue weighted by Crippen LogP contribution is -2.43. The van der Waals surface area contributed by atoms with Gasteiger partial charge in [-0.2, -0.15) is 0 Å². The van der Waals surface area contributed by atoms with E-state index < -0.39 is 0 Å². The number of aromatic nitrogens is 1. The smallest absolute Gasteiger partial charge is 0.270 e. The molecule has 3 aliphatic rings. The zero-order valence-corrected chi connectivity index (χ0v) is 26.9. The summed E-state index contributed by atoms with van der Waals surface area (Å²) in [5, 5.41) is 2.29. The number of nitrogens with zero attached hydrogens (tertiary/aromatic N) is 4. The molecule has 5 aromatic rings. The molecule has 47 heavy (non-hydrogen) atoms. The number of benzene rings is 4. The van der Waals surface area contributed by atoms with E-state index in [-0.39, 0.29) is 17.9 Å². The van der Waals surface area contributed by atoms with Gasteiger partial charge in [-0.15, -0.1) is 0 Å². The second-order valence-corrected chi connectivity index (χ2v) is 13.1. The summed E-state index contributed by atoms with van der Waals surface area (Å²) in [6.45, 7) is 4.95. The number of ether oxygens (including phenoxy) is 1. The van der Waals surface area contributed by atoms with Crippen molar-refractivity contribution >= 4 is 28.3 Å². The van der Waals surface area contributed by atoms with E-state index in [9.17, 15) is 9.59 Å². The zero-order chi connectivity index (χ0) is 31.9. The molecule has 8 rings (SSSR count). The average molecular weight is 625 g/mol. The lowest BCUT2D eigenvalue weighted by Gasteiger charge is -2.29. The Morgan fingerprint density at radius 3 is 2.45 bits per heavy atom. The molecule has 0 aliphatic carbocycles. The molecule has 0 saturated carbocycles. The van der Waals surface area contributed by atoms with Gasteiger partial charge in [0, 0.05) is 41.6 Å². The minimum atomic E-state index is -0.104. The molecule has 1 atom stereocenters. The van der Waals surface area contributed by atoms with Gasteiger partial charge < -0.3 is 24.0 Å². The van der Waals surface area contributed by atoms with Crippen LogP contribution in [0.4, 0.5) is 5.69 Å². The Bertz CT molecular complexity index is 1970. The van der Waals surface area contributed by atoms with Gasteiger partial charge in [0.15, 0.2) is 0 Å². The highest BCUT2D eigenvalue weighted by Gasteiger charge is 2.34. The number of anilines is 1.